The molecule has 2 atom stereocenters. The lowest BCUT2D eigenvalue weighted by Crippen LogP contribution is -2.40. The van der Waals surface area contributed by atoms with Gasteiger partial charge >= 0.3 is 0 Å². The summed E-state index contributed by atoms with van der Waals surface area (Å²) in [6.45, 7) is 2.36. The number of carbonyl (C=O) groups is 1. The van der Waals surface area contributed by atoms with Gasteiger partial charge in [0.25, 0.3) is 0 Å². The molecule has 1 heterocycles. The number of carbonyl (C=O) groups excluding carboxylic acids is 1. The molecule has 1 saturated carbocycles. The Bertz CT molecular complexity index is 265. The van der Waals surface area contributed by atoms with Gasteiger partial charge in [-0.05, 0) is 57.0 Å². The molecule has 2 unspecified atom stereocenters. The molecule has 1 amide bonds. The predicted octanol–water partition coefficient (Wildman–Crippen LogP) is 1.04. The minimum absolute atomic E-state index is 0.213. The molecule has 4 heteroatoms. The van der Waals surface area contributed by atoms with Crippen molar-refractivity contribution in [3.63, 3.8) is 0 Å². The highest BCUT2D eigenvalue weighted by Crippen LogP contribution is 2.24. The lowest BCUT2D eigenvalue weighted by atomic mass is 9.86. The maximum absolute atomic E-state index is 12.0. The summed E-state index contributed by atoms with van der Waals surface area (Å²) in [7, 11) is 0. The quantitative estimate of drug-likeness (QED) is 0.702. The molecule has 3 N–H and O–H groups in total. The minimum Gasteiger partial charge on any atom is -0.396 e. The van der Waals surface area contributed by atoms with Gasteiger partial charge in [-0.25, -0.2) is 0 Å². The molecule has 0 radical (unpaired) electrons. The first-order valence-electron chi connectivity index (χ1n) is 7.39. The standard InChI is InChI=1S/C14H26N2O2/c17-10-12-2-1-3-13(8-12)16-14(18)9-11-4-6-15-7-5-11/h11-13,15,17H,1-10H2,(H,16,18). The van der Waals surface area contributed by atoms with Crippen molar-refractivity contribution in [2.45, 2.75) is 51.0 Å². The van der Waals surface area contributed by atoms with Gasteiger partial charge in [0.1, 0.15) is 0 Å². The zero-order valence-electron chi connectivity index (χ0n) is 11.2. The Morgan fingerprint density at radius 2 is 1.94 bits per heavy atom. The number of piperidine rings is 1. The normalized spacial score (nSPS) is 30.1. The Balaban J connectivity index is 1.69. The molecule has 1 aliphatic heterocycles. The Morgan fingerprint density at radius 1 is 1.17 bits per heavy atom. The summed E-state index contributed by atoms with van der Waals surface area (Å²) in [5.74, 6) is 1.16. The van der Waals surface area contributed by atoms with E-state index >= 15 is 0 Å². The molecule has 1 aliphatic carbocycles. The molecule has 4 nitrogen and oxygen atoms in total. The summed E-state index contributed by atoms with van der Waals surface area (Å²) in [6.07, 6.45) is 7.19. The summed E-state index contributed by atoms with van der Waals surface area (Å²) in [5.41, 5.74) is 0. The third-order valence-electron chi connectivity index (χ3n) is 4.34. The van der Waals surface area contributed by atoms with Gasteiger partial charge in [-0.1, -0.05) is 6.42 Å². The van der Waals surface area contributed by atoms with Gasteiger partial charge in [0.2, 0.25) is 5.91 Å². The Hall–Kier alpha value is -0.610. The lowest BCUT2D eigenvalue weighted by Gasteiger charge is -2.29. The first-order valence-corrected chi connectivity index (χ1v) is 7.39. The minimum atomic E-state index is 0.213. The SMILES string of the molecule is O=C(CC1CCNCC1)NC1CCCC(CO)C1. The molecule has 0 spiro atoms. The highest BCUT2D eigenvalue weighted by atomic mass is 16.3. The molecule has 0 bridgehead atoms. The summed E-state index contributed by atoms with van der Waals surface area (Å²) < 4.78 is 0. The second-order valence-corrected chi connectivity index (χ2v) is 5.88. The van der Waals surface area contributed by atoms with E-state index in [2.05, 4.69) is 10.6 Å². The van der Waals surface area contributed by atoms with Gasteiger partial charge < -0.3 is 15.7 Å². The lowest BCUT2D eigenvalue weighted by molar-refractivity contribution is -0.123. The van der Waals surface area contributed by atoms with Crippen molar-refractivity contribution in [2.24, 2.45) is 11.8 Å². The molecule has 0 aromatic heterocycles. The maximum atomic E-state index is 12.0. The van der Waals surface area contributed by atoms with Gasteiger partial charge in [-0.15, -0.1) is 0 Å². The first kappa shape index (κ1) is 13.8. The van der Waals surface area contributed by atoms with Crippen LogP contribution in [0.25, 0.3) is 0 Å². The van der Waals surface area contributed by atoms with Crippen molar-refractivity contribution < 1.29 is 9.90 Å². The van der Waals surface area contributed by atoms with E-state index < -0.39 is 0 Å². The van der Waals surface area contributed by atoms with Crippen molar-refractivity contribution in [3.8, 4) is 0 Å². The third kappa shape index (κ3) is 4.25. The average molecular weight is 254 g/mol. The van der Waals surface area contributed by atoms with Crippen LogP contribution in [-0.2, 0) is 4.79 Å². The zero-order chi connectivity index (χ0) is 12.8. The molecule has 0 aromatic rings. The highest BCUT2D eigenvalue weighted by Gasteiger charge is 2.24. The van der Waals surface area contributed by atoms with Crippen LogP contribution in [0.4, 0.5) is 0 Å². The molecule has 2 fully saturated rings. The number of rotatable bonds is 4. The van der Waals surface area contributed by atoms with Crippen LogP contribution in [-0.4, -0.2) is 36.8 Å². The van der Waals surface area contributed by atoms with Crippen LogP contribution >= 0.6 is 0 Å². The van der Waals surface area contributed by atoms with Crippen molar-refractivity contribution in [3.05, 3.63) is 0 Å². The van der Waals surface area contributed by atoms with Gasteiger partial charge in [0.15, 0.2) is 0 Å². The highest BCUT2D eigenvalue weighted by molar-refractivity contribution is 5.76. The number of hydrogen-bond acceptors (Lipinski definition) is 3. The molecular weight excluding hydrogens is 228 g/mol. The van der Waals surface area contributed by atoms with E-state index in [-0.39, 0.29) is 12.5 Å². The monoisotopic (exact) mass is 254 g/mol. The van der Waals surface area contributed by atoms with Crippen LogP contribution in [0, 0.1) is 11.8 Å². The van der Waals surface area contributed by atoms with Crippen LogP contribution in [0.2, 0.25) is 0 Å². The second-order valence-electron chi connectivity index (χ2n) is 5.88. The Labute approximate surface area is 110 Å². The van der Waals surface area contributed by atoms with E-state index in [9.17, 15) is 9.90 Å². The van der Waals surface area contributed by atoms with Crippen molar-refractivity contribution in [1.82, 2.24) is 10.6 Å². The Kier molecular flexibility index (Phi) is 5.45. The van der Waals surface area contributed by atoms with Crippen LogP contribution in [0.15, 0.2) is 0 Å². The number of nitrogens with one attached hydrogen (secondary N) is 2. The topological polar surface area (TPSA) is 61.4 Å². The van der Waals surface area contributed by atoms with Crippen molar-refractivity contribution in [1.29, 1.82) is 0 Å². The van der Waals surface area contributed by atoms with Crippen LogP contribution in [0.1, 0.15) is 44.9 Å². The molecule has 2 rings (SSSR count). The van der Waals surface area contributed by atoms with Gasteiger partial charge in [0, 0.05) is 19.1 Å². The van der Waals surface area contributed by atoms with E-state index in [1.54, 1.807) is 0 Å². The molecule has 18 heavy (non-hydrogen) atoms. The summed E-state index contributed by atoms with van der Waals surface area (Å²) in [5, 5.41) is 15.7. The number of aliphatic hydroxyl groups excluding tert-OH is 1. The fourth-order valence-electron chi connectivity index (χ4n) is 3.22. The summed E-state index contributed by atoms with van der Waals surface area (Å²) >= 11 is 0. The van der Waals surface area contributed by atoms with E-state index in [0.29, 0.717) is 24.3 Å². The summed E-state index contributed by atoms with van der Waals surface area (Å²) in [4.78, 5) is 12.0. The van der Waals surface area contributed by atoms with E-state index in [0.717, 1.165) is 51.6 Å². The number of hydrogen-bond donors (Lipinski definition) is 3. The number of aliphatic hydroxyl groups is 1. The molecule has 1 saturated heterocycles. The zero-order valence-corrected chi connectivity index (χ0v) is 11.2. The smallest absolute Gasteiger partial charge is 0.220 e. The van der Waals surface area contributed by atoms with Crippen molar-refractivity contribution in [2.75, 3.05) is 19.7 Å². The molecular formula is C14H26N2O2. The van der Waals surface area contributed by atoms with E-state index in [1.807, 2.05) is 0 Å². The summed E-state index contributed by atoms with van der Waals surface area (Å²) in [6, 6.07) is 0.296. The van der Waals surface area contributed by atoms with Gasteiger partial charge in [-0.2, -0.15) is 0 Å². The second kappa shape index (κ2) is 7.10. The average Bonchev–Trinajstić information content (AvgIpc) is 2.40. The first-order chi connectivity index (χ1) is 8.78. The third-order valence-corrected chi connectivity index (χ3v) is 4.34. The number of amides is 1. The fourth-order valence-corrected chi connectivity index (χ4v) is 3.22. The van der Waals surface area contributed by atoms with Crippen LogP contribution in [0.5, 0.6) is 0 Å². The predicted molar refractivity (Wildman–Crippen MR) is 71.2 cm³/mol. The fraction of sp³-hybridized carbons (Fsp3) is 0.929. The maximum Gasteiger partial charge on any atom is 0.220 e. The van der Waals surface area contributed by atoms with E-state index in [1.165, 1.54) is 0 Å². The van der Waals surface area contributed by atoms with Crippen molar-refractivity contribution >= 4 is 5.91 Å². The Morgan fingerprint density at radius 3 is 2.67 bits per heavy atom. The molecule has 0 aromatic carbocycles. The van der Waals surface area contributed by atoms with Crippen LogP contribution in [0.3, 0.4) is 0 Å². The molecule has 2 aliphatic rings. The van der Waals surface area contributed by atoms with E-state index in [4.69, 9.17) is 0 Å². The van der Waals surface area contributed by atoms with Gasteiger partial charge in [0.05, 0.1) is 0 Å². The molecule has 104 valence electrons. The largest absolute Gasteiger partial charge is 0.396 e. The van der Waals surface area contributed by atoms with Gasteiger partial charge in [-0.3, -0.25) is 4.79 Å². The van der Waals surface area contributed by atoms with Crippen LogP contribution < -0.4 is 10.6 Å².